The van der Waals surface area contributed by atoms with Crippen molar-refractivity contribution >= 4 is 23.4 Å². The van der Waals surface area contributed by atoms with Crippen molar-refractivity contribution in [2.75, 3.05) is 18.6 Å². The van der Waals surface area contributed by atoms with Crippen molar-refractivity contribution in [3.05, 3.63) is 24.3 Å². The number of hydrogen-bond acceptors (Lipinski definition) is 4. The van der Waals surface area contributed by atoms with Gasteiger partial charge in [-0.25, -0.2) is 4.79 Å². The predicted octanol–water partition coefficient (Wildman–Crippen LogP) is 5.70. The first-order chi connectivity index (χ1) is 18.9. The molecule has 3 amide bonds. The second-order valence-electron chi connectivity index (χ2n) is 13.4. The van der Waals surface area contributed by atoms with E-state index in [1.54, 1.807) is 19.2 Å². The molecule has 1 saturated heterocycles. The number of likely N-dealkylation sites (tertiary alicyclic amines) is 1. The van der Waals surface area contributed by atoms with Gasteiger partial charge < -0.3 is 15.4 Å². The molecule has 0 radical (unpaired) electrons. The number of carbonyl (C=O) groups excluding carboxylic acids is 3. The lowest BCUT2D eigenvalue weighted by Gasteiger charge is -2.56. The molecule has 0 spiro atoms. The molecule has 39 heavy (non-hydrogen) atoms. The van der Waals surface area contributed by atoms with Crippen LogP contribution in [0, 0.1) is 29.1 Å². The monoisotopic (exact) mass is 535 g/mol. The minimum absolute atomic E-state index is 0.0562. The van der Waals surface area contributed by atoms with Crippen LogP contribution in [0.3, 0.4) is 0 Å². The van der Waals surface area contributed by atoms with Gasteiger partial charge in [-0.1, -0.05) is 25.3 Å². The van der Waals surface area contributed by atoms with Crippen LogP contribution in [0.2, 0.25) is 0 Å². The Balaban J connectivity index is 1.31. The molecule has 7 rings (SSSR count). The SMILES string of the molecule is COc1cccc(N(C(N)=O)C2CCCC(C3CCCCC3)N(CC(=O)C34CC5CC(CC(C5)C3)C4)C2=O)c1. The Hall–Kier alpha value is -2.57. The van der Waals surface area contributed by atoms with Crippen LogP contribution in [0.5, 0.6) is 5.75 Å². The number of nitrogens with two attached hydrogens (primary N) is 1. The van der Waals surface area contributed by atoms with Crippen LogP contribution in [-0.4, -0.2) is 48.4 Å². The van der Waals surface area contributed by atoms with Crippen LogP contribution in [0.15, 0.2) is 24.3 Å². The number of methoxy groups -OCH3 is 1. The van der Waals surface area contributed by atoms with E-state index in [-0.39, 0.29) is 29.7 Å². The Morgan fingerprint density at radius 2 is 1.64 bits per heavy atom. The molecule has 7 nitrogen and oxygen atoms in total. The summed E-state index contributed by atoms with van der Waals surface area (Å²) in [5.74, 6) is 3.24. The van der Waals surface area contributed by atoms with Crippen molar-refractivity contribution in [3.8, 4) is 5.75 Å². The van der Waals surface area contributed by atoms with Gasteiger partial charge in [0.05, 0.1) is 19.3 Å². The van der Waals surface area contributed by atoms with Gasteiger partial charge in [-0.3, -0.25) is 14.5 Å². The van der Waals surface area contributed by atoms with E-state index in [1.807, 2.05) is 17.0 Å². The zero-order valence-electron chi connectivity index (χ0n) is 23.5. The summed E-state index contributed by atoms with van der Waals surface area (Å²) in [7, 11) is 1.58. The number of benzene rings is 1. The Morgan fingerprint density at radius 3 is 2.26 bits per heavy atom. The molecule has 1 aromatic carbocycles. The molecule has 2 atom stereocenters. The molecular formula is C32H45N3O4. The quantitative estimate of drug-likeness (QED) is 0.485. The number of primary amides is 1. The second kappa shape index (κ2) is 10.8. The summed E-state index contributed by atoms with van der Waals surface area (Å²) in [6, 6.07) is 5.87. The smallest absolute Gasteiger partial charge is 0.320 e. The number of amides is 3. The van der Waals surface area contributed by atoms with Gasteiger partial charge in [0.15, 0.2) is 5.78 Å². The standard InChI is InChI=1S/C32H45N3O4/c1-39-26-10-5-9-25(16-26)35(31(33)38)28-12-6-11-27(24-7-3-2-4-8-24)34(30(28)37)20-29(36)32-17-21-13-22(18-32)15-23(14-21)19-32/h5,9-10,16,21-24,27-28H,2-4,6-8,11-15,17-20H2,1H3,(H2,33,38). The first-order valence-electron chi connectivity index (χ1n) is 15.4. The summed E-state index contributed by atoms with van der Waals surface area (Å²) in [6.07, 6.45) is 15.0. The number of rotatable bonds is 7. The maximum atomic E-state index is 14.5. The van der Waals surface area contributed by atoms with E-state index in [1.165, 1.54) is 43.4 Å². The van der Waals surface area contributed by atoms with Crippen LogP contribution in [-0.2, 0) is 9.59 Å². The van der Waals surface area contributed by atoms with E-state index in [0.29, 0.717) is 41.5 Å². The molecule has 5 aliphatic carbocycles. The molecule has 2 N–H and O–H groups in total. The molecule has 212 valence electrons. The summed E-state index contributed by atoms with van der Waals surface area (Å²) in [5.41, 5.74) is 6.25. The normalized spacial score (nSPS) is 34.5. The number of nitrogens with zero attached hydrogens (tertiary/aromatic N) is 2. The minimum Gasteiger partial charge on any atom is -0.497 e. The fourth-order valence-electron chi connectivity index (χ4n) is 9.59. The fourth-order valence-corrected chi connectivity index (χ4v) is 9.59. The molecule has 6 aliphatic rings. The molecule has 2 unspecified atom stereocenters. The van der Waals surface area contributed by atoms with Gasteiger partial charge in [-0.2, -0.15) is 0 Å². The van der Waals surface area contributed by atoms with E-state index in [9.17, 15) is 14.4 Å². The molecule has 1 aromatic rings. The van der Waals surface area contributed by atoms with Gasteiger partial charge in [-0.05, 0) is 106 Å². The largest absolute Gasteiger partial charge is 0.497 e. The van der Waals surface area contributed by atoms with E-state index in [4.69, 9.17) is 10.5 Å². The van der Waals surface area contributed by atoms with E-state index < -0.39 is 12.1 Å². The zero-order chi connectivity index (χ0) is 27.1. The number of ether oxygens (including phenoxy) is 1. The number of anilines is 1. The average molecular weight is 536 g/mol. The minimum atomic E-state index is -0.715. The van der Waals surface area contributed by atoms with Gasteiger partial charge in [0.25, 0.3) is 0 Å². The van der Waals surface area contributed by atoms with Crippen LogP contribution in [0.4, 0.5) is 10.5 Å². The number of ketones is 1. The molecule has 5 saturated carbocycles. The predicted molar refractivity (Wildman–Crippen MR) is 150 cm³/mol. The lowest BCUT2D eigenvalue weighted by molar-refractivity contribution is -0.151. The summed E-state index contributed by atoms with van der Waals surface area (Å²) in [5, 5.41) is 0. The molecule has 4 bridgehead atoms. The summed E-state index contributed by atoms with van der Waals surface area (Å²) >= 11 is 0. The maximum absolute atomic E-state index is 14.5. The second-order valence-corrected chi connectivity index (χ2v) is 13.4. The third-order valence-corrected chi connectivity index (χ3v) is 11.0. The van der Waals surface area contributed by atoms with Crippen LogP contribution >= 0.6 is 0 Å². The lowest BCUT2D eigenvalue weighted by Crippen LogP contribution is -2.58. The van der Waals surface area contributed by atoms with Gasteiger partial charge in [0, 0.05) is 17.5 Å². The number of hydrogen-bond donors (Lipinski definition) is 1. The first-order valence-corrected chi connectivity index (χ1v) is 15.4. The molecule has 7 heteroatoms. The Kier molecular flexibility index (Phi) is 7.36. The van der Waals surface area contributed by atoms with Crippen molar-refractivity contribution in [3.63, 3.8) is 0 Å². The summed E-state index contributed by atoms with van der Waals surface area (Å²) in [4.78, 5) is 45.1. The van der Waals surface area contributed by atoms with Crippen molar-refractivity contribution < 1.29 is 19.1 Å². The Bertz CT molecular complexity index is 1060. The number of urea groups is 1. The van der Waals surface area contributed by atoms with Crippen molar-refractivity contribution in [2.45, 2.75) is 102 Å². The van der Waals surface area contributed by atoms with Crippen LogP contribution < -0.4 is 15.4 Å². The zero-order valence-corrected chi connectivity index (χ0v) is 23.5. The first kappa shape index (κ1) is 26.6. The highest BCUT2D eigenvalue weighted by Gasteiger charge is 2.55. The van der Waals surface area contributed by atoms with Crippen molar-refractivity contribution in [1.29, 1.82) is 0 Å². The average Bonchev–Trinajstić information content (AvgIpc) is 3.07. The molecular weight excluding hydrogens is 490 g/mol. The van der Waals surface area contributed by atoms with Gasteiger partial charge in [-0.15, -0.1) is 0 Å². The molecule has 1 heterocycles. The van der Waals surface area contributed by atoms with Crippen molar-refractivity contribution in [2.24, 2.45) is 34.8 Å². The number of Topliss-reactive ketones (excluding diaryl/α,β-unsaturated/α-hetero) is 1. The maximum Gasteiger partial charge on any atom is 0.320 e. The van der Waals surface area contributed by atoms with Gasteiger partial charge in [0.2, 0.25) is 5.91 Å². The highest BCUT2D eigenvalue weighted by Crippen LogP contribution is 2.60. The van der Waals surface area contributed by atoms with Crippen molar-refractivity contribution in [1.82, 2.24) is 4.90 Å². The fraction of sp³-hybridized carbons (Fsp3) is 0.719. The Labute approximate surface area is 232 Å². The summed E-state index contributed by atoms with van der Waals surface area (Å²) in [6.45, 7) is 0.188. The third-order valence-electron chi connectivity index (χ3n) is 11.0. The van der Waals surface area contributed by atoms with Crippen LogP contribution in [0.25, 0.3) is 0 Å². The van der Waals surface area contributed by atoms with E-state index >= 15 is 0 Å². The van der Waals surface area contributed by atoms with E-state index in [0.717, 1.165) is 44.9 Å². The lowest BCUT2D eigenvalue weighted by atomic mass is 9.48. The van der Waals surface area contributed by atoms with Crippen LogP contribution in [0.1, 0.15) is 89.9 Å². The van der Waals surface area contributed by atoms with Gasteiger partial charge >= 0.3 is 6.03 Å². The highest BCUT2D eigenvalue weighted by molar-refractivity contribution is 6.01. The summed E-state index contributed by atoms with van der Waals surface area (Å²) < 4.78 is 5.39. The highest BCUT2D eigenvalue weighted by atomic mass is 16.5. The van der Waals surface area contributed by atoms with Gasteiger partial charge in [0.1, 0.15) is 11.8 Å². The third kappa shape index (κ3) is 5.06. The molecule has 0 aromatic heterocycles. The number of carbonyl (C=O) groups is 3. The molecule has 1 aliphatic heterocycles. The molecule has 6 fully saturated rings. The van der Waals surface area contributed by atoms with E-state index in [2.05, 4.69) is 0 Å². The topological polar surface area (TPSA) is 92.9 Å². The Morgan fingerprint density at radius 1 is 0.974 bits per heavy atom.